The number of aliphatic carboxylic acids is 1. The molecule has 0 saturated heterocycles. The molecular weight excluding hydrogens is 237 g/mol. The van der Waals surface area contributed by atoms with Crippen molar-refractivity contribution in [3.63, 3.8) is 0 Å². The molecule has 0 spiro atoms. The van der Waals surface area contributed by atoms with E-state index in [-0.39, 0.29) is 12.5 Å². The van der Waals surface area contributed by atoms with E-state index in [9.17, 15) is 4.79 Å². The number of hydrogen-bond acceptors (Lipinski definition) is 2. The Morgan fingerprint density at radius 3 is 2.33 bits per heavy atom. The molecule has 0 heterocycles. The second-order valence-corrected chi connectivity index (χ2v) is 4.01. The topological polar surface area (TPSA) is 49.3 Å². The first-order chi connectivity index (χ1) is 7.02. The summed E-state index contributed by atoms with van der Waals surface area (Å²) in [6.07, 6.45) is -0.00677. The molecule has 1 aromatic rings. The fourth-order valence-corrected chi connectivity index (χ4v) is 1.88. The van der Waals surface area contributed by atoms with Gasteiger partial charge in [0.2, 0.25) is 0 Å². The average Bonchev–Trinajstić information content (AvgIpc) is 2.12. The maximum absolute atomic E-state index is 10.6. The quantitative estimate of drug-likeness (QED) is 0.861. The van der Waals surface area contributed by atoms with Crippen molar-refractivity contribution in [2.45, 2.75) is 12.5 Å². The van der Waals surface area contributed by atoms with E-state index in [1.807, 2.05) is 0 Å². The van der Waals surface area contributed by atoms with Crippen molar-refractivity contribution >= 4 is 29.2 Å². The maximum Gasteiger partial charge on any atom is 0.305 e. The first kappa shape index (κ1) is 12.3. The molecule has 1 aromatic carbocycles. The van der Waals surface area contributed by atoms with Gasteiger partial charge in [-0.1, -0.05) is 23.2 Å². The van der Waals surface area contributed by atoms with Gasteiger partial charge in [0.05, 0.1) is 6.42 Å². The molecule has 5 heteroatoms. The summed E-state index contributed by atoms with van der Waals surface area (Å²) in [6, 6.07) is 4.74. The van der Waals surface area contributed by atoms with E-state index in [0.29, 0.717) is 10.0 Å². The molecule has 0 aliphatic rings. The Balaban J connectivity index is 2.95. The van der Waals surface area contributed by atoms with E-state index in [1.165, 1.54) is 0 Å². The summed E-state index contributed by atoms with van der Waals surface area (Å²) < 4.78 is 0. The van der Waals surface area contributed by atoms with Gasteiger partial charge in [-0.2, -0.15) is 0 Å². The van der Waals surface area contributed by atoms with E-state index >= 15 is 0 Å². The summed E-state index contributed by atoms with van der Waals surface area (Å²) in [5.74, 6) is -0.870. The van der Waals surface area contributed by atoms with Gasteiger partial charge in [0.15, 0.2) is 0 Å². The smallest absolute Gasteiger partial charge is 0.305 e. The van der Waals surface area contributed by atoms with E-state index in [1.54, 1.807) is 25.2 Å². The maximum atomic E-state index is 10.6. The van der Waals surface area contributed by atoms with Crippen LogP contribution in [0.15, 0.2) is 18.2 Å². The fourth-order valence-electron chi connectivity index (χ4n) is 1.34. The number of carboxylic acids is 1. The lowest BCUT2D eigenvalue weighted by Gasteiger charge is -2.14. The molecule has 1 rings (SSSR count). The Bertz CT molecular complexity index is 348. The lowest BCUT2D eigenvalue weighted by molar-refractivity contribution is -0.137. The van der Waals surface area contributed by atoms with Crippen molar-refractivity contribution in [2.24, 2.45) is 0 Å². The highest BCUT2D eigenvalue weighted by atomic mass is 35.5. The van der Waals surface area contributed by atoms with Crippen LogP contribution in [0.1, 0.15) is 18.0 Å². The number of carbonyl (C=O) groups is 1. The minimum atomic E-state index is -0.870. The monoisotopic (exact) mass is 247 g/mol. The van der Waals surface area contributed by atoms with Gasteiger partial charge in [-0.05, 0) is 30.8 Å². The Labute approximate surface area is 98.0 Å². The number of hydrogen-bond donors (Lipinski definition) is 2. The summed E-state index contributed by atoms with van der Waals surface area (Å²) in [5, 5.41) is 12.6. The van der Waals surface area contributed by atoms with Crippen LogP contribution in [0.2, 0.25) is 10.0 Å². The molecule has 1 atom stereocenters. The van der Waals surface area contributed by atoms with Crippen LogP contribution in [0.3, 0.4) is 0 Å². The lowest BCUT2D eigenvalue weighted by Crippen LogP contribution is -2.19. The van der Waals surface area contributed by atoms with Gasteiger partial charge in [0.1, 0.15) is 0 Å². The molecule has 0 aromatic heterocycles. The van der Waals surface area contributed by atoms with Gasteiger partial charge >= 0.3 is 5.97 Å². The average molecular weight is 248 g/mol. The Hall–Kier alpha value is -0.770. The zero-order valence-corrected chi connectivity index (χ0v) is 9.64. The minimum Gasteiger partial charge on any atom is -0.481 e. The first-order valence-corrected chi connectivity index (χ1v) is 5.13. The lowest BCUT2D eigenvalue weighted by atomic mass is 10.0. The Morgan fingerprint density at radius 1 is 1.40 bits per heavy atom. The molecule has 1 unspecified atom stereocenters. The molecule has 2 N–H and O–H groups in total. The predicted octanol–water partition coefficient (Wildman–Crippen LogP) is 2.73. The summed E-state index contributed by atoms with van der Waals surface area (Å²) in [4.78, 5) is 10.6. The summed E-state index contributed by atoms with van der Waals surface area (Å²) in [7, 11) is 1.70. The number of benzene rings is 1. The number of carboxylic acid groups (broad SMARTS) is 1. The highest BCUT2D eigenvalue weighted by molar-refractivity contribution is 6.34. The van der Waals surface area contributed by atoms with Crippen LogP contribution in [0.25, 0.3) is 0 Å². The van der Waals surface area contributed by atoms with Crippen LogP contribution < -0.4 is 5.32 Å². The van der Waals surface area contributed by atoms with Crippen LogP contribution in [-0.4, -0.2) is 18.1 Å². The highest BCUT2D eigenvalue weighted by Crippen LogP contribution is 2.25. The summed E-state index contributed by atoms with van der Waals surface area (Å²) in [6.45, 7) is 0. The van der Waals surface area contributed by atoms with E-state index < -0.39 is 5.97 Å². The van der Waals surface area contributed by atoms with Crippen molar-refractivity contribution in [1.29, 1.82) is 0 Å². The van der Waals surface area contributed by atoms with Crippen LogP contribution in [-0.2, 0) is 4.79 Å². The molecular formula is C10H11Cl2NO2. The predicted molar refractivity (Wildman–Crippen MR) is 60.5 cm³/mol. The van der Waals surface area contributed by atoms with Crippen molar-refractivity contribution in [3.05, 3.63) is 33.8 Å². The Morgan fingerprint density at radius 2 is 1.93 bits per heavy atom. The third kappa shape index (κ3) is 3.70. The van der Waals surface area contributed by atoms with Gasteiger partial charge in [-0.3, -0.25) is 4.79 Å². The number of nitrogens with one attached hydrogen (secondary N) is 1. The van der Waals surface area contributed by atoms with Gasteiger partial charge in [0.25, 0.3) is 0 Å². The normalized spacial score (nSPS) is 12.5. The summed E-state index contributed by atoms with van der Waals surface area (Å²) >= 11 is 11.7. The van der Waals surface area contributed by atoms with Crippen LogP contribution in [0, 0.1) is 0 Å². The van der Waals surface area contributed by atoms with Crippen molar-refractivity contribution in [2.75, 3.05) is 7.05 Å². The fraction of sp³-hybridized carbons (Fsp3) is 0.300. The third-order valence-corrected chi connectivity index (χ3v) is 2.45. The first-order valence-electron chi connectivity index (χ1n) is 4.38. The Kier molecular flexibility index (Phi) is 4.39. The third-order valence-electron chi connectivity index (χ3n) is 2.01. The van der Waals surface area contributed by atoms with Gasteiger partial charge < -0.3 is 10.4 Å². The zero-order valence-electron chi connectivity index (χ0n) is 8.13. The molecule has 82 valence electrons. The molecule has 0 radical (unpaired) electrons. The van der Waals surface area contributed by atoms with Crippen LogP contribution in [0.5, 0.6) is 0 Å². The van der Waals surface area contributed by atoms with Crippen molar-refractivity contribution < 1.29 is 9.90 Å². The second kappa shape index (κ2) is 5.35. The van der Waals surface area contributed by atoms with Crippen molar-refractivity contribution in [3.8, 4) is 0 Å². The molecule has 0 aliphatic carbocycles. The van der Waals surface area contributed by atoms with Gasteiger partial charge in [0, 0.05) is 16.1 Å². The van der Waals surface area contributed by atoms with E-state index in [4.69, 9.17) is 28.3 Å². The minimum absolute atomic E-state index is 0.00677. The van der Waals surface area contributed by atoms with E-state index in [2.05, 4.69) is 5.32 Å². The molecule has 0 fully saturated rings. The molecule has 0 amide bonds. The zero-order chi connectivity index (χ0) is 11.4. The standard InChI is InChI=1S/C10H11Cl2NO2/c1-13-9(5-10(14)15)6-2-7(11)4-8(12)3-6/h2-4,9,13H,5H2,1H3,(H,14,15). The second-order valence-electron chi connectivity index (χ2n) is 3.14. The number of rotatable bonds is 4. The van der Waals surface area contributed by atoms with E-state index in [0.717, 1.165) is 5.56 Å². The largest absolute Gasteiger partial charge is 0.481 e. The SMILES string of the molecule is CNC(CC(=O)O)c1cc(Cl)cc(Cl)c1. The number of halogens is 2. The highest BCUT2D eigenvalue weighted by Gasteiger charge is 2.14. The van der Waals surface area contributed by atoms with Gasteiger partial charge in [-0.15, -0.1) is 0 Å². The molecule has 0 saturated carbocycles. The molecule has 3 nitrogen and oxygen atoms in total. The summed E-state index contributed by atoms with van der Waals surface area (Å²) in [5.41, 5.74) is 0.775. The molecule has 15 heavy (non-hydrogen) atoms. The molecule has 0 bridgehead atoms. The molecule has 0 aliphatic heterocycles. The van der Waals surface area contributed by atoms with Crippen LogP contribution in [0.4, 0.5) is 0 Å². The van der Waals surface area contributed by atoms with Crippen LogP contribution >= 0.6 is 23.2 Å². The van der Waals surface area contributed by atoms with Crippen molar-refractivity contribution in [1.82, 2.24) is 5.32 Å². The van der Waals surface area contributed by atoms with Gasteiger partial charge in [-0.25, -0.2) is 0 Å².